The fourth-order valence-corrected chi connectivity index (χ4v) is 4.56. The molecule has 0 radical (unpaired) electrons. The van der Waals surface area contributed by atoms with Crippen LogP contribution in [0.15, 0.2) is 24.5 Å². The molecule has 2 aliphatic heterocycles. The van der Waals surface area contributed by atoms with Gasteiger partial charge in [-0.1, -0.05) is 6.07 Å². The van der Waals surface area contributed by atoms with Gasteiger partial charge >= 0.3 is 0 Å². The molecule has 0 saturated carbocycles. The molecule has 2 aromatic rings. The quantitative estimate of drug-likeness (QED) is 0.888. The van der Waals surface area contributed by atoms with Gasteiger partial charge in [-0.05, 0) is 37.8 Å². The number of hydrogen-bond acceptors (Lipinski definition) is 4. The van der Waals surface area contributed by atoms with Crippen LogP contribution in [0.4, 0.5) is 0 Å². The summed E-state index contributed by atoms with van der Waals surface area (Å²) in [5.41, 5.74) is 2.26. The summed E-state index contributed by atoms with van der Waals surface area (Å²) in [5.74, 6) is 0.0664. The average Bonchev–Trinajstić information content (AvgIpc) is 3.10. The fraction of sp³-hybridized carbons (Fsp3) is 0.550. The van der Waals surface area contributed by atoms with E-state index in [4.69, 9.17) is 0 Å². The topological polar surface area (TPSA) is 78.2 Å². The normalized spacial score (nSPS) is 23.4. The van der Waals surface area contributed by atoms with Crippen molar-refractivity contribution in [2.45, 2.75) is 32.6 Å². The first-order chi connectivity index (χ1) is 13.0. The Labute approximate surface area is 158 Å². The number of aliphatic hydroxyl groups is 1. The molecule has 4 heterocycles. The van der Waals surface area contributed by atoms with Crippen LogP contribution in [0.5, 0.6) is 0 Å². The van der Waals surface area contributed by atoms with Crippen LogP contribution in [-0.4, -0.2) is 68.9 Å². The second-order valence-corrected chi connectivity index (χ2v) is 7.92. The van der Waals surface area contributed by atoms with Gasteiger partial charge in [-0.25, -0.2) is 4.98 Å². The molecule has 27 heavy (non-hydrogen) atoms. The maximum absolute atomic E-state index is 13.1. The lowest BCUT2D eigenvalue weighted by atomic mass is 9.73. The number of piperidine rings is 2. The van der Waals surface area contributed by atoms with Crippen molar-refractivity contribution in [1.29, 1.82) is 0 Å². The molecule has 0 unspecified atom stereocenters. The van der Waals surface area contributed by atoms with Crippen LogP contribution in [-0.2, 0) is 4.79 Å². The Morgan fingerprint density at radius 3 is 2.96 bits per heavy atom. The molecule has 0 aromatic carbocycles. The number of aliphatic hydroxyl groups excluding tert-OH is 1. The van der Waals surface area contributed by atoms with Crippen molar-refractivity contribution in [3.63, 3.8) is 0 Å². The third-order valence-electron chi connectivity index (χ3n) is 5.96. The predicted molar refractivity (Wildman–Crippen MR) is 100 cm³/mol. The number of pyridine rings is 1. The highest BCUT2D eigenvalue weighted by Crippen LogP contribution is 2.39. The van der Waals surface area contributed by atoms with Crippen molar-refractivity contribution in [3.8, 4) is 0 Å². The smallest absolute Gasteiger partial charge is 0.274 e. The molecule has 1 spiro atoms. The van der Waals surface area contributed by atoms with E-state index in [1.165, 1.54) is 0 Å². The van der Waals surface area contributed by atoms with Gasteiger partial charge in [0.2, 0.25) is 5.91 Å². The van der Waals surface area contributed by atoms with Gasteiger partial charge in [-0.15, -0.1) is 0 Å². The Hall–Kier alpha value is -2.41. The summed E-state index contributed by atoms with van der Waals surface area (Å²) in [6.45, 7) is 4.34. The number of fused-ring (bicyclic) bond motifs is 1. The number of amides is 2. The SMILES string of the molecule is Cc1cccn2cc(C(=O)N3CCC[C@]4(CCC(=O)N(CCO)C4)C3)nc12. The maximum atomic E-state index is 13.1. The van der Waals surface area contributed by atoms with E-state index in [0.717, 1.165) is 37.0 Å². The molecule has 2 fully saturated rings. The first-order valence-corrected chi connectivity index (χ1v) is 9.64. The Morgan fingerprint density at radius 1 is 1.33 bits per heavy atom. The minimum Gasteiger partial charge on any atom is -0.395 e. The van der Waals surface area contributed by atoms with Gasteiger partial charge in [-0.3, -0.25) is 9.59 Å². The lowest BCUT2D eigenvalue weighted by Gasteiger charge is -2.48. The van der Waals surface area contributed by atoms with Crippen molar-refractivity contribution in [3.05, 3.63) is 35.8 Å². The minimum atomic E-state index is -0.0634. The zero-order chi connectivity index (χ0) is 19.0. The zero-order valence-electron chi connectivity index (χ0n) is 15.7. The van der Waals surface area contributed by atoms with E-state index >= 15 is 0 Å². The summed E-state index contributed by atoms with van der Waals surface area (Å²) in [5, 5.41) is 9.23. The average molecular weight is 370 g/mol. The van der Waals surface area contributed by atoms with Gasteiger partial charge in [0.05, 0.1) is 6.61 Å². The number of hydrogen-bond donors (Lipinski definition) is 1. The largest absolute Gasteiger partial charge is 0.395 e. The third kappa shape index (κ3) is 3.32. The van der Waals surface area contributed by atoms with E-state index in [-0.39, 0.29) is 23.8 Å². The Kier molecular flexibility index (Phi) is 4.63. The zero-order valence-corrected chi connectivity index (χ0v) is 15.7. The fourth-order valence-electron chi connectivity index (χ4n) is 4.56. The Balaban J connectivity index is 1.54. The standard InChI is InChI=1S/C20H26N4O3/c1-15-4-2-8-22-12-16(21-18(15)22)19(27)24-9-3-6-20(14-24)7-5-17(26)23(13-20)10-11-25/h2,4,8,12,25H,3,5-7,9-11,13-14H2,1H3/t20-/m1/s1. The van der Waals surface area contributed by atoms with Gasteiger partial charge in [0.15, 0.2) is 0 Å². The van der Waals surface area contributed by atoms with Gasteiger partial charge in [0, 0.05) is 50.4 Å². The first-order valence-electron chi connectivity index (χ1n) is 9.64. The maximum Gasteiger partial charge on any atom is 0.274 e. The number of aryl methyl sites for hydroxylation is 1. The van der Waals surface area contributed by atoms with Crippen LogP contribution in [0, 0.1) is 12.3 Å². The highest BCUT2D eigenvalue weighted by molar-refractivity contribution is 5.93. The molecule has 4 rings (SSSR count). The second-order valence-electron chi connectivity index (χ2n) is 7.92. The van der Waals surface area contributed by atoms with E-state index in [0.29, 0.717) is 31.7 Å². The van der Waals surface area contributed by atoms with E-state index in [2.05, 4.69) is 4.98 Å². The molecule has 2 aliphatic rings. The molecule has 7 nitrogen and oxygen atoms in total. The molecular weight excluding hydrogens is 344 g/mol. The van der Waals surface area contributed by atoms with Crippen LogP contribution in [0.3, 0.4) is 0 Å². The van der Waals surface area contributed by atoms with Crippen LogP contribution >= 0.6 is 0 Å². The number of β-amino-alcohol motifs (C(OH)–C–C–N with tert-alkyl or cyclic N) is 1. The minimum absolute atomic E-state index is 0.0228. The summed E-state index contributed by atoms with van der Waals surface area (Å²) in [7, 11) is 0. The number of imidazole rings is 1. The van der Waals surface area contributed by atoms with Crippen LogP contribution < -0.4 is 0 Å². The Morgan fingerprint density at radius 2 is 2.19 bits per heavy atom. The van der Waals surface area contributed by atoms with Gasteiger partial charge in [0.25, 0.3) is 5.91 Å². The predicted octanol–water partition coefficient (Wildman–Crippen LogP) is 1.48. The third-order valence-corrected chi connectivity index (χ3v) is 5.96. The van der Waals surface area contributed by atoms with E-state index < -0.39 is 0 Å². The molecule has 0 bridgehead atoms. The molecule has 7 heteroatoms. The summed E-state index contributed by atoms with van der Waals surface area (Å²) < 4.78 is 1.89. The number of nitrogens with zero attached hydrogens (tertiary/aromatic N) is 4. The molecule has 1 N–H and O–H groups in total. The van der Waals surface area contributed by atoms with Crippen molar-refractivity contribution in [2.75, 3.05) is 32.8 Å². The monoisotopic (exact) mass is 370 g/mol. The summed E-state index contributed by atoms with van der Waals surface area (Å²) in [6.07, 6.45) is 6.95. The van der Waals surface area contributed by atoms with Gasteiger partial charge in [-0.2, -0.15) is 0 Å². The summed E-state index contributed by atoms with van der Waals surface area (Å²) >= 11 is 0. The van der Waals surface area contributed by atoms with E-state index in [1.807, 2.05) is 34.6 Å². The molecule has 1 atom stereocenters. The van der Waals surface area contributed by atoms with E-state index in [9.17, 15) is 14.7 Å². The summed E-state index contributed by atoms with van der Waals surface area (Å²) in [6, 6.07) is 3.93. The summed E-state index contributed by atoms with van der Waals surface area (Å²) in [4.78, 5) is 33.4. The van der Waals surface area contributed by atoms with Crippen molar-refractivity contribution < 1.29 is 14.7 Å². The molecule has 2 amide bonds. The number of carbonyl (C=O) groups is 2. The molecule has 144 valence electrons. The van der Waals surface area contributed by atoms with Crippen molar-refractivity contribution in [2.24, 2.45) is 5.41 Å². The highest BCUT2D eigenvalue weighted by atomic mass is 16.3. The first kappa shape index (κ1) is 18.0. The lowest BCUT2D eigenvalue weighted by Crippen LogP contribution is -2.55. The van der Waals surface area contributed by atoms with Gasteiger partial charge < -0.3 is 19.3 Å². The molecule has 2 saturated heterocycles. The van der Waals surface area contributed by atoms with E-state index in [1.54, 1.807) is 11.1 Å². The van der Waals surface area contributed by atoms with Crippen LogP contribution in [0.2, 0.25) is 0 Å². The van der Waals surface area contributed by atoms with Crippen molar-refractivity contribution >= 4 is 17.5 Å². The lowest BCUT2D eigenvalue weighted by molar-refractivity contribution is -0.139. The van der Waals surface area contributed by atoms with Gasteiger partial charge in [0.1, 0.15) is 11.3 Å². The molecule has 0 aliphatic carbocycles. The van der Waals surface area contributed by atoms with Crippen LogP contribution in [0.25, 0.3) is 5.65 Å². The van der Waals surface area contributed by atoms with Crippen LogP contribution in [0.1, 0.15) is 41.7 Å². The molecule has 2 aromatic heterocycles. The number of likely N-dealkylation sites (tertiary alicyclic amines) is 2. The second kappa shape index (κ2) is 6.96. The Bertz CT molecular complexity index is 877. The molecular formula is C20H26N4O3. The number of carbonyl (C=O) groups excluding carboxylic acids is 2. The number of aromatic nitrogens is 2. The number of rotatable bonds is 3. The highest BCUT2D eigenvalue weighted by Gasteiger charge is 2.42. The van der Waals surface area contributed by atoms with Crippen molar-refractivity contribution in [1.82, 2.24) is 19.2 Å².